The Bertz CT molecular complexity index is 536. The van der Waals surface area contributed by atoms with E-state index in [1.165, 1.54) is 7.11 Å². The molecule has 84 valence electrons. The fraction of sp³-hybridized carbons (Fsp3) is 0.273. The number of nitrogens with zero attached hydrogens (tertiary/aromatic N) is 1. The van der Waals surface area contributed by atoms with Crippen LogP contribution >= 0.6 is 11.6 Å². The second-order valence-electron chi connectivity index (χ2n) is 3.52. The van der Waals surface area contributed by atoms with Crippen LogP contribution in [0.5, 0.6) is 0 Å². The average molecular weight is 239 g/mol. The molecule has 2 aromatic heterocycles. The summed E-state index contributed by atoms with van der Waals surface area (Å²) in [6.07, 6.45) is 0.735. The Morgan fingerprint density at radius 1 is 1.56 bits per heavy atom. The van der Waals surface area contributed by atoms with Crippen molar-refractivity contribution in [3.8, 4) is 0 Å². The monoisotopic (exact) mass is 238 g/mol. The Morgan fingerprint density at radius 3 is 2.94 bits per heavy atom. The maximum Gasteiger partial charge on any atom is 0.173 e. The number of aromatic amines is 1. The molecule has 0 spiro atoms. The average Bonchev–Trinajstić information content (AvgIpc) is 2.65. The van der Waals surface area contributed by atoms with Gasteiger partial charge in [-0.2, -0.15) is 0 Å². The summed E-state index contributed by atoms with van der Waals surface area (Å²) < 4.78 is 4.96. The number of aldehydes is 1. The maximum absolute atomic E-state index is 10.9. The number of methoxy groups -OCH3 is 1. The van der Waals surface area contributed by atoms with Crippen molar-refractivity contribution in [2.75, 3.05) is 7.11 Å². The summed E-state index contributed by atoms with van der Waals surface area (Å²) in [5.41, 5.74) is 1.87. The lowest BCUT2D eigenvalue weighted by molar-refractivity contribution is 0.111. The number of fused-ring (bicyclic) bond motifs is 1. The van der Waals surface area contributed by atoms with Crippen LogP contribution in [-0.2, 0) is 4.74 Å². The Morgan fingerprint density at radius 2 is 2.31 bits per heavy atom. The number of hydrogen-bond donors (Lipinski definition) is 1. The van der Waals surface area contributed by atoms with Crippen molar-refractivity contribution in [2.24, 2.45) is 0 Å². The third-order valence-corrected chi connectivity index (χ3v) is 2.73. The van der Waals surface area contributed by atoms with Crippen LogP contribution < -0.4 is 0 Å². The molecule has 0 aliphatic carbocycles. The largest absolute Gasteiger partial charge is 0.360 e. The van der Waals surface area contributed by atoms with Gasteiger partial charge in [-0.25, -0.2) is 4.98 Å². The molecular formula is C11H11ClN2O2. The van der Waals surface area contributed by atoms with Crippen molar-refractivity contribution < 1.29 is 9.53 Å². The fourth-order valence-electron chi connectivity index (χ4n) is 1.61. The van der Waals surface area contributed by atoms with E-state index >= 15 is 0 Å². The van der Waals surface area contributed by atoms with Gasteiger partial charge in [0.2, 0.25) is 0 Å². The second-order valence-corrected chi connectivity index (χ2v) is 3.92. The molecule has 0 aliphatic heterocycles. The summed E-state index contributed by atoms with van der Waals surface area (Å²) in [6.45, 7) is 1.93. The van der Waals surface area contributed by atoms with Gasteiger partial charge in [-0.3, -0.25) is 4.79 Å². The highest BCUT2D eigenvalue weighted by Crippen LogP contribution is 2.25. The SMILES string of the molecule is COC(Cl)c1nc2[nH]c(C)cc2cc1C=O. The lowest BCUT2D eigenvalue weighted by atomic mass is 10.2. The molecule has 0 radical (unpaired) electrons. The van der Waals surface area contributed by atoms with Crippen molar-refractivity contribution in [2.45, 2.75) is 12.5 Å². The van der Waals surface area contributed by atoms with Crippen molar-refractivity contribution in [3.05, 3.63) is 29.1 Å². The van der Waals surface area contributed by atoms with Crippen molar-refractivity contribution >= 4 is 28.9 Å². The van der Waals surface area contributed by atoms with Crippen LogP contribution in [0.15, 0.2) is 12.1 Å². The van der Waals surface area contributed by atoms with Crippen molar-refractivity contribution in [1.29, 1.82) is 0 Å². The van der Waals surface area contributed by atoms with Gasteiger partial charge in [0.05, 0.1) is 5.69 Å². The van der Waals surface area contributed by atoms with Gasteiger partial charge in [0.25, 0.3) is 0 Å². The first kappa shape index (κ1) is 11.1. The Hall–Kier alpha value is -1.39. The topological polar surface area (TPSA) is 55.0 Å². The number of rotatable bonds is 3. The minimum atomic E-state index is -0.715. The summed E-state index contributed by atoms with van der Waals surface area (Å²) in [5, 5.41) is 0.892. The zero-order valence-electron chi connectivity index (χ0n) is 8.95. The summed E-state index contributed by atoms with van der Waals surface area (Å²) in [4.78, 5) is 18.3. The summed E-state index contributed by atoms with van der Waals surface area (Å²) >= 11 is 5.92. The normalized spacial score (nSPS) is 12.9. The van der Waals surface area contributed by atoms with Crippen LogP contribution in [0, 0.1) is 6.92 Å². The van der Waals surface area contributed by atoms with Gasteiger partial charge in [-0.05, 0) is 19.1 Å². The van der Waals surface area contributed by atoms with Crippen LogP contribution in [-0.4, -0.2) is 23.4 Å². The predicted octanol–water partition coefficient (Wildman–Crippen LogP) is 2.57. The molecule has 2 rings (SSSR count). The highest BCUT2D eigenvalue weighted by molar-refractivity contribution is 6.20. The number of carbonyl (C=O) groups excluding carboxylic acids is 1. The first-order valence-corrected chi connectivity index (χ1v) is 5.21. The van der Waals surface area contributed by atoms with Gasteiger partial charge >= 0.3 is 0 Å². The van der Waals surface area contributed by atoms with E-state index in [9.17, 15) is 4.79 Å². The van der Waals surface area contributed by atoms with Crippen molar-refractivity contribution in [1.82, 2.24) is 9.97 Å². The minimum absolute atomic E-state index is 0.438. The molecule has 0 aromatic carbocycles. The molecule has 0 saturated carbocycles. The van der Waals surface area contributed by atoms with Crippen LogP contribution in [0.25, 0.3) is 11.0 Å². The smallest absolute Gasteiger partial charge is 0.173 e. The zero-order chi connectivity index (χ0) is 11.7. The van der Waals surface area contributed by atoms with Crippen LogP contribution in [0.3, 0.4) is 0 Å². The number of nitrogens with one attached hydrogen (secondary N) is 1. The second kappa shape index (κ2) is 4.23. The van der Waals surface area contributed by atoms with E-state index in [-0.39, 0.29) is 0 Å². The number of aromatic nitrogens is 2. The van der Waals surface area contributed by atoms with Crippen molar-refractivity contribution in [3.63, 3.8) is 0 Å². The maximum atomic E-state index is 10.9. The molecule has 16 heavy (non-hydrogen) atoms. The van der Waals surface area contributed by atoms with Gasteiger partial charge in [0.1, 0.15) is 5.65 Å². The lowest BCUT2D eigenvalue weighted by Gasteiger charge is -2.08. The number of carbonyl (C=O) groups is 1. The molecule has 1 unspecified atom stereocenters. The van der Waals surface area contributed by atoms with E-state index in [1.54, 1.807) is 6.07 Å². The van der Waals surface area contributed by atoms with E-state index in [1.807, 2.05) is 13.0 Å². The van der Waals surface area contributed by atoms with Gasteiger partial charge < -0.3 is 9.72 Å². The van der Waals surface area contributed by atoms with E-state index in [0.29, 0.717) is 16.9 Å². The molecule has 0 aliphatic rings. The Balaban J connectivity index is 2.66. The molecule has 2 heterocycles. The van der Waals surface area contributed by atoms with Crippen LogP contribution in [0.4, 0.5) is 0 Å². The molecule has 1 atom stereocenters. The van der Waals surface area contributed by atoms with E-state index < -0.39 is 5.56 Å². The molecule has 0 bridgehead atoms. The molecule has 4 nitrogen and oxygen atoms in total. The lowest BCUT2D eigenvalue weighted by Crippen LogP contribution is -2.02. The molecule has 2 aromatic rings. The molecule has 0 saturated heterocycles. The van der Waals surface area contributed by atoms with Crippen LogP contribution in [0.2, 0.25) is 0 Å². The zero-order valence-corrected chi connectivity index (χ0v) is 9.71. The first-order valence-electron chi connectivity index (χ1n) is 4.78. The number of halogens is 1. The fourth-order valence-corrected chi connectivity index (χ4v) is 1.79. The number of hydrogen-bond acceptors (Lipinski definition) is 3. The number of H-pyrrole nitrogens is 1. The van der Waals surface area contributed by atoms with E-state index in [4.69, 9.17) is 16.3 Å². The number of pyridine rings is 1. The van der Waals surface area contributed by atoms with E-state index in [2.05, 4.69) is 9.97 Å². The number of ether oxygens (including phenoxy) is 1. The third-order valence-electron chi connectivity index (χ3n) is 2.35. The van der Waals surface area contributed by atoms with Gasteiger partial charge in [-0.15, -0.1) is 0 Å². The van der Waals surface area contributed by atoms with E-state index in [0.717, 1.165) is 17.4 Å². The minimum Gasteiger partial charge on any atom is -0.360 e. The number of aryl methyl sites for hydroxylation is 1. The van der Waals surface area contributed by atoms with Gasteiger partial charge in [0, 0.05) is 23.8 Å². The Kier molecular flexibility index (Phi) is 2.94. The Labute approximate surface area is 97.6 Å². The van der Waals surface area contributed by atoms with Gasteiger partial charge in [-0.1, -0.05) is 11.6 Å². The molecule has 0 fully saturated rings. The molecule has 1 N–H and O–H groups in total. The highest BCUT2D eigenvalue weighted by atomic mass is 35.5. The van der Waals surface area contributed by atoms with Crippen LogP contribution in [0.1, 0.15) is 27.3 Å². The predicted molar refractivity (Wildman–Crippen MR) is 61.8 cm³/mol. The first-order chi connectivity index (χ1) is 7.65. The quantitative estimate of drug-likeness (QED) is 0.661. The molecular weight excluding hydrogens is 228 g/mol. The summed E-state index contributed by atoms with van der Waals surface area (Å²) in [7, 11) is 1.47. The summed E-state index contributed by atoms with van der Waals surface area (Å²) in [6, 6.07) is 3.68. The summed E-state index contributed by atoms with van der Waals surface area (Å²) in [5.74, 6) is 0. The highest BCUT2D eigenvalue weighted by Gasteiger charge is 2.15. The third kappa shape index (κ3) is 1.81. The molecule has 5 heteroatoms. The number of alkyl halides is 1. The van der Waals surface area contributed by atoms with Gasteiger partial charge in [0.15, 0.2) is 11.8 Å². The standard InChI is InChI=1S/C11H11ClN2O2/c1-6-3-7-4-8(5-15)9(10(12)16-2)14-11(7)13-6/h3-5,10H,1-2H3,(H,13,14). The molecule has 0 amide bonds.